The van der Waals surface area contributed by atoms with Crippen LogP contribution < -0.4 is 5.32 Å². The van der Waals surface area contributed by atoms with E-state index in [1.165, 1.54) is 0 Å². The van der Waals surface area contributed by atoms with Crippen molar-refractivity contribution in [2.45, 2.75) is 46.6 Å². The number of carbonyl (C=O) groups excluding carboxylic acids is 1. The molecule has 0 atom stereocenters. The lowest BCUT2D eigenvalue weighted by atomic mass is 9.94. The fourth-order valence-electron chi connectivity index (χ4n) is 1.84. The number of aryl methyl sites for hydroxylation is 2. The third-order valence-corrected chi connectivity index (χ3v) is 3.40. The molecule has 104 valence electrons. The lowest BCUT2D eigenvalue weighted by Crippen LogP contribution is -2.43. The van der Waals surface area contributed by atoms with E-state index < -0.39 is 5.97 Å². The molecule has 1 amide bonds. The molecule has 0 saturated heterocycles. The Labute approximate surface area is 113 Å². The van der Waals surface area contributed by atoms with E-state index in [-0.39, 0.29) is 22.6 Å². The number of rotatable bonds is 4. The largest absolute Gasteiger partial charge is 0.478 e. The quantitative estimate of drug-likeness (QED) is 0.877. The van der Waals surface area contributed by atoms with Gasteiger partial charge in [-0.05, 0) is 45.2 Å². The van der Waals surface area contributed by atoms with E-state index in [2.05, 4.69) is 5.32 Å². The maximum Gasteiger partial charge on any atom is 0.336 e. The molecule has 0 fully saturated rings. The molecule has 0 saturated carbocycles. The van der Waals surface area contributed by atoms with Crippen LogP contribution in [0.15, 0.2) is 12.1 Å². The Morgan fingerprint density at radius 2 is 1.63 bits per heavy atom. The molecule has 0 aliphatic carbocycles. The third-order valence-electron chi connectivity index (χ3n) is 3.40. The Hall–Kier alpha value is -1.84. The number of hydrogen-bond donors (Lipinski definition) is 2. The number of amides is 1. The standard InChI is InChI=1S/C15H21NO3/c1-6-15(4,5)16-13(17)11-9(2)7-8-10(3)12(11)14(18)19/h7-8H,6H2,1-5H3,(H,16,17)(H,18,19). The van der Waals surface area contributed by atoms with E-state index >= 15 is 0 Å². The van der Waals surface area contributed by atoms with Crippen molar-refractivity contribution in [1.29, 1.82) is 0 Å². The highest BCUT2D eigenvalue weighted by molar-refractivity contribution is 6.06. The number of carboxylic acids is 1. The van der Waals surface area contributed by atoms with Gasteiger partial charge in [-0.15, -0.1) is 0 Å². The number of benzene rings is 1. The zero-order chi connectivity index (χ0) is 14.8. The predicted octanol–water partition coefficient (Wildman–Crippen LogP) is 2.92. The first-order chi connectivity index (χ1) is 8.69. The molecule has 0 radical (unpaired) electrons. The average Bonchev–Trinajstić information content (AvgIpc) is 2.30. The van der Waals surface area contributed by atoms with Gasteiger partial charge in [0.15, 0.2) is 0 Å². The topological polar surface area (TPSA) is 66.4 Å². The Balaban J connectivity index is 3.30. The van der Waals surface area contributed by atoms with Gasteiger partial charge in [0.25, 0.3) is 5.91 Å². The summed E-state index contributed by atoms with van der Waals surface area (Å²) in [7, 11) is 0. The number of carbonyl (C=O) groups is 2. The summed E-state index contributed by atoms with van der Waals surface area (Å²) in [5.74, 6) is -1.40. The van der Waals surface area contributed by atoms with Gasteiger partial charge in [0.1, 0.15) is 0 Å². The first-order valence-electron chi connectivity index (χ1n) is 6.35. The van der Waals surface area contributed by atoms with Gasteiger partial charge in [-0.2, -0.15) is 0 Å². The highest BCUT2D eigenvalue weighted by Crippen LogP contribution is 2.20. The molecule has 0 unspecified atom stereocenters. The van der Waals surface area contributed by atoms with Crippen molar-refractivity contribution in [2.75, 3.05) is 0 Å². The van der Waals surface area contributed by atoms with E-state index in [0.717, 1.165) is 6.42 Å². The maximum atomic E-state index is 12.3. The zero-order valence-electron chi connectivity index (χ0n) is 12.1. The molecular weight excluding hydrogens is 242 g/mol. The van der Waals surface area contributed by atoms with Gasteiger partial charge in [0, 0.05) is 5.54 Å². The van der Waals surface area contributed by atoms with Crippen molar-refractivity contribution < 1.29 is 14.7 Å². The second-order valence-electron chi connectivity index (χ2n) is 5.45. The van der Waals surface area contributed by atoms with Crippen LogP contribution in [-0.2, 0) is 0 Å². The minimum atomic E-state index is -1.07. The van der Waals surface area contributed by atoms with Crippen LogP contribution in [0.2, 0.25) is 0 Å². The second-order valence-corrected chi connectivity index (χ2v) is 5.45. The van der Waals surface area contributed by atoms with E-state index in [0.29, 0.717) is 11.1 Å². The average molecular weight is 263 g/mol. The highest BCUT2D eigenvalue weighted by atomic mass is 16.4. The molecule has 0 bridgehead atoms. The summed E-state index contributed by atoms with van der Waals surface area (Å²) >= 11 is 0. The molecule has 1 aromatic carbocycles. The van der Waals surface area contributed by atoms with E-state index in [9.17, 15) is 14.7 Å². The molecule has 1 rings (SSSR count). The van der Waals surface area contributed by atoms with Crippen molar-refractivity contribution >= 4 is 11.9 Å². The lowest BCUT2D eigenvalue weighted by molar-refractivity contribution is 0.0688. The van der Waals surface area contributed by atoms with Gasteiger partial charge in [0.05, 0.1) is 11.1 Å². The van der Waals surface area contributed by atoms with Gasteiger partial charge in [0.2, 0.25) is 0 Å². The molecule has 0 aromatic heterocycles. The zero-order valence-corrected chi connectivity index (χ0v) is 12.1. The minimum Gasteiger partial charge on any atom is -0.478 e. The Bertz CT molecular complexity index is 518. The third kappa shape index (κ3) is 3.34. The molecule has 4 heteroatoms. The van der Waals surface area contributed by atoms with Gasteiger partial charge in [-0.1, -0.05) is 19.1 Å². The van der Waals surface area contributed by atoms with E-state index in [4.69, 9.17) is 0 Å². The summed E-state index contributed by atoms with van der Waals surface area (Å²) in [6.45, 7) is 9.25. The SMILES string of the molecule is CCC(C)(C)NC(=O)c1c(C)ccc(C)c1C(=O)O. The molecule has 1 aromatic rings. The van der Waals surface area contributed by atoms with Crippen LogP contribution in [-0.4, -0.2) is 22.5 Å². The van der Waals surface area contributed by atoms with Crippen LogP contribution in [0, 0.1) is 13.8 Å². The maximum absolute atomic E-state index is 12.3. The van der Waals surface area contributed by atoms with Crippen LogP contribution in [0.5, 0.6) is 0 Å². The summed E-state index contributed by atoms with van der Waals surface area (Å²) in [6, 6.07) is 3.50. The van der Waals surface area contributed by atoms with Crippen molar-refractivity contribution in [3.05, 3.63) is 34.4 Å². The van der Waals surface area contributed by atoms with Crippen LogP contribution in [0.3, 0.4) is 0 Å². The van der Waals surface area contributed by atoms with E-state index in [1.807, 2.05) is 20.8 Å². The fourth-order valence-corrected chi connectivity index (χ4v) is 1.84. The monoisotopic (exact) mass is 263 g/mol. The number of nitrogens with one attached hydrogen (secondary N) is 1. The van der Waals surface area contributed by atoms with Gasteiger partial charge < -0.3 is 10.4 Å². The summed E-state index contributed by atoms with van der Waals surface area (Å²) in [6.07, 6.45) is 0.770. The highest BCUT2D eigenvalue weighted by Gasteiger charge is 2.25. The molecule has 19 heavy (non-hydrogen) atoms. The molecular formula is C15H21NO3. The van der Waals surface area contributed by atoms with Crippen LogP contribution in [0.4, 0.5) is 0 Å². The van der Waals surface area contributed by atoms with Gasteiger partial charge in [-0.25, -0.2) is 4.79 Å². The van der Waals surface area contributed by atoms with Gasteiger partial charge >= 0.3 is 5.97 Å². The van der Waals surface area contributed by atoms with Crippen molar-refractivity contribution in [3.63, 3.8) is 0 Å². The smallest absolute Gasteiger partial charge is 0.336 e. The molecule has 0 heterocycles. The van der Waals surface area contributed by atoms with Gasteiger partial charge in [-0.3, -0.25) is 4.79 Å². The Morgan fingerprint density at radius 1 is 1.16 bits per heavy atom. The van der Waals surface area contributed by atoms with E-state index in [1.54, 1.807) is 26.0 Å². The summed E-state index contributed by atoms with van der Waals surface area (Å²) < 4.78 is 0. The molecule has 0 spiro atoms. The lowest BCUT2D eigenvalue weighted by Gasteiger charge is -2.25. The normalized spacial score (nSPS) is 11.2. The Morgan fingerprint density at radius 3 is 2.05 bits per heavy atom. The number of aromatic carboxylic acids is 1. The molecule has 0 aliphatic rings. The minimum absolute atomic E-state index is 0.0874. The number of carboxylic acid groups (broad SMARTS) is 1. The molecule has 0 aliphatic heterocycles. The first kappa shape index (κ1) is 15.2. The molecule has 4 nitrogen and oxygen atoms in total. The second kappa shape index (κ2) is 5.43. The van der Waals surface area contributed by atoms with Crippen LogP contribution >= 0.6 is 0 Å². The van der Waals surface area contributed by atoms with Crippen molar-refractivity contribution in [3.8, 4) is 0 Å². The summed E-state index contributed by atoms with van der Waals surface area (Å²) in [4.78, 5) is 23.7. The summed E-state index contributed by atoms with van der Waals surface area (Å²) in [5.41, 5.74) is 1.26. The van der Waals surface area contributed by atoms with Crippen LogP contribution in [0.25, 0.3) is 0 Å². The summed E-state index contributed by atoms with van der Waals surface area (Å²) in [5, 5.41) is 12.2. The van der Waals surface area contributed by atoms with Crippen LogP contribution in [0.1, 0.15) is 59.0 Å². The first-order valence-corrected chi connectivity index (χ1v) is 6.35. The Kier molecular flexibility index (Phi) is 4.35. The van der Waals surface area contributed by atoms with Crippen molar-refractivity contribution in [2.24, 2.45) is 0 Å². The number of hydrogen-bond acceptors (Lipinski definition) is 2. The fraction of sp³-hybridized carbons (Fsp3) is 0.467. The van der Waals surface area contributed by atoms with Crippen molar-refractivity contribution in [1.82, 2.24) is 5.32 Å². The molecule has 2 N–H and O–H groups in total. The predicted molar refractivity (Wildman–Crippen MR) is 74.7 cm³/mol.